The van der Waals surface area contributed by atoms with E-state index in [0.29, 0.717) is 18.8 Å². The maximum absolute atomic E-state index is 12.0. The number of carbonyl (C=O) groups is 1. The van der Waals surface area contributed by atoms with Gasteiger partial charge in [-0.25, -0.2) is 4.18 Å². The fourth-order valence-corrected chi connectivity index (χ4v) is 2.53. The largest absolute Gasteiger partial charge is 0.308 e. The summed E-state index contributed by atoms with van der Waals surface area (Å²) in [5, 5.41) is 4.00. The van der Waals surface area contributed by atoms with Crippen molar-refractivity contribution in [3.05, 3.63) is 10.6 Å². The number of nitrogens with one attached hydrogen (secondary N) is 1. The normalized spacial score (nSPS) is 24.6. The molecule has 1 amide bonds. The Labute approximate surface area is 110 Å². The van der Waals surface area contributed by atoms with Gasteiger partial charge in [-0.3, -0.25) is 9.69 Å². The van der Waals surface area contributed by atoms with Crippen molar-refractivity contribution in [3.63, 3.8) is 0 Å². The van der Waals surface area contributed by atoms with E-state index in [2.05, 4.69) is 10.5 Å². The van der Waals surface area contributed by atoms with Gasteiger partial charge in [0.15, 0.2) is 6.23 Å². The highest BCUT2D eigenvalue weighted by molar-refractivity contribution is 7.86. The predicted molar refractivity (Wildman–Crippen MR) is 65.2 cm³/mol. The van der Waals surface area contributed by atoms with E-state index in [4.69, 9.17) is 15.8 Å². The first-order chi connectivity index (χ1) is 8.31. The van der Waals surface area contributed by atoms with Gasteiger partial charge in [0.05, 0.1) is 11.3 Å². The molecule has 18 heavy (non-hydrogen) atoms. The summed E-state index contributed by atoms with van der Waals surface area (Å²) in [5.74, 6) is 0.0275. The summed E-state index contributed by atoms with van der Waals surface area (Å²) in [6.07, 6.45) is 0.266. The van der Waals surface area contributed by atoms with E-state index in [1.54, 1.807) is 0 Å². The Bertz CT molecular complexity index is 554. The maximum Gasteiger partial charge on any atom is 0.266 e. The summed E-state index contributed by atoms with van der Waals surface area (Å²) >= 11 is 5.96. The number of amides is 1. The molecule has 1 unspecified atom stereocenters. The highest BCUT2D eigenvalue weighted by Crippen LogP contribution is 2.31. The lowest BCUT2D eigenvalue weighted by atomic mass is 10.3. The van der Waals surface area contributed by atoms with Gasteiger partial charge < -0.3 is 5.43 Å². The molecule has 0 aromatic heterocycles. The third kappa shape index (κ3) is 2.36. The highest BCUT2D eigenvalue weighted by Gasteiger charge is 2.42. The van der Waals surface area contributed by atoms with Crippen molar-refractivity contribution in [2.75, 3.05) is 12.8 Å². The molecular weight excluding hydrogens is 282 g/mol. The second-order valence-electron chi connectivity index (χ2n) is 3.99. The molecule has 0 aromatic rings. The molecule has 1 atom stereocenters. The van der Waals surface area contributed by atoms with Gasteiger partial charge in [-0.05, 0) is 6.92 Å². The Morgan fingerprint density at radius 2 is 2.22 bits per heavy atom. The van der Waals surface area contributed by atoms with Crippen molar-refractivity contribution in [2.24, 2.45) is 5.10 Å². The van der Waals surface area contributed by atoms with Crippen LogP contribution in [0.2, 0.25) is 0 Å². The predicted octanol–water partition coefficient (Wildman–Crippen LogP) is -0.0495. The minimum atomic E-state index is -3.74. The smallest absolute Gasteiger partial charge is 0.266 e. The average molecular weight is 294 g/mol. The Balaban J connectivity index is 2.35. The molecule has 1 N–H and O–H groups in total. The van der Waals surface area contributed by atoms with E-state index in [1.807, 2.05) is 0 Å². The number of hydrogen-bond acceptors (Lipinski definition) is 6. The molecular formula is C9H12ClN3O4S. The summed E-state index contributed by atoms with van der Waals surface area (Å²) in [6, 6.07) is 0. The second-order valence-corrected chi connectivity index (χ2v) is 5.99. The Hall–Kier alpha value is -1.12. The van der Waals surface area contributed by atoms with E-state index in [0.717, 1.165) is 6.26 Å². The number of hydrogen-bond donors (Lipinski definition) is 1. The number of amidine groups is 1. The molecule has 2 aliphatic rings. The van der Waals surface area contributed by atoms with Gasteiger partial charge in [0.1, 0.15) is 5.84 Å². The van der Waals surface area contributed by atoms with E-state index in [9.17, 15) is 13.2 Å². The van der Waals surface area contributed by atoms with Crippen LogP contribution in [-0.2, 0) is 19.1 Å². The van der Waals surface area contributed by atoms with Crippen molar-refractivity contribution in [1.82, 2.24) is 10.3 Å². The topological polar surface area (TPSA) is 88.1 Å². The summed E-state index contributed by atoms with van der Waals surface area (Å²) in [5.41, 5.74) is 2.97. The second kappa shape index (κ2) is 4.52. The molecule has 100 valence electrons. The van der Waals surface area contributed by atoms with Crippen molar-refractivity contribution < 1.29 is 17.4 Å². The Kier molecular flexibility index (Phi) is 3.35. The summed E-state index contributed by atoms with van der Waals surface area (Å²) in [4.78, 5) is 13.2. The van der Waals surface area contributed by atoms with Crippen molar-refractivity contribution in [1.29, 1.82) is 0 Å². The lowest BCUT2D eigenvalue weighted by molar-refractivity contribution is -0.125. The number of carbonyl (C=O) groups excluding carboxylic acids is 1. The Morgan fingerprint density at radius 1 is 1.56 bits per heavy atom. The van der Waals surface area contributed by atoms with Crippen LogP contribution in [0.1, 0.15) is 13.3 Å². The maximum atomic E-state index is 12.0. The van der Waals surface area contributed by atoms with E-state index >= 15 is 0 Å². The van der Waals surface area contributed by atoms with Crippen LogP contribution in [0.15, 0.2) is 15.7 Å². The van der Waals surface area contributed by atoms with Gasteiger partial charge >= 0.3 is 0 Å². The lowest BCUT2D eigenvalue weighted by Crippen LogP contribution is -2.42. The number of rotatable bonds is 2. The molecule has 0 bridgehead atoms. The highest BCUT2D eigenvalue weighted by atomic mass is 35.5. The minimum Gasteiger partial charge on any atom is -0.308 e. The molecule has 2 aliphatic heterocycles. The van der Waals surface area contributed by atoms with Gasteiger partial charge in [-0.2, -0.15) is 13.5 Å². The average Bonchev–Trinajstić information content (AvgIpc) is 2.82. The molecule has 0 fully saturated rings. The van der Waals surface area contributed by atoms with Gasteiger partial charge in [-0.1, -0.05) is 11.6 Å². The zero-order valence-corrected chi connectivity index (χ0v) is 11.4. The standard InChI is InChI=1S/C9H12ClN3O4S/c1-5-7(10)9(17-18(2,15)16)13(8(5)14)6-3-4-11-12-6/h9,11H,3-4H2,1-2H3. The number of nitrogens with zero attached hydrogens (tertiary/aromatic N) is 2. The molecule has 0 spiro atoms. The first-order valence-electron chi connectivity index (χ1n) is 5.19. The lowest BCUT2D eigenvalue weighted by Gasteiger charge is -2.23. The van der Waals surface area contributed by atoms with E-state index < -0.39 is 22.3 Å². The van der Waals surface area contributed by atoms with Gasteiger partial charge in [-0.15, -0.1) is 0 Å². The fraction of sp³-hybridized carbons (Fsp3) is 0.556. The van der Waals surface area contributed by atoms with Crippen LogP contribution in [0.5, 0.6) is 0 Å². The molecule has 2 heterocycles. The minimum absolute atomic E-state index is 0.0695. The first kappa shape index (κ1) is 13.3. The molecule has 0 saturated carbocycles. The summed E-state index contributed by atoms with van der Waals surface area (Å²) < 4.78 is 27.3. The zero-order valence-electron chi connectivity index (χ0n) is 9.81. The third-order valence-corrected chi connectivity index (χ3v) is 3.56. The van der Waals surface area contributed by atoms with E-state index in [-0.39, 0.29) is 10.6 Å². The SMILES string of the molecule is CC1=C(Cl)C(OS(C)(=O)=O)N(C2=NNCC2)C1=O. The van der Waals surface area contributed by atoms with Crippen LogP contribution in [-0.4, -0.2) is 44.1 Å². The van der Waals surface area contributed by atoms with Crippen LogP contribution in [0.25, 0.3) is 0 Å². The van der Waals surface area contributed by atoms with Crippen molar-refractivity contribution in [2.45, 2.75) is 19.6 Å². The molecule has 0 radical (unpaired) electrons. The van der Waals surface area contributed by atoms with Crippen LogP contribution in [0.4, 0.5) is 0 Å². The number of halogens is 1. The monoisotopic (exact) mass is 293 g/mol. The molecule has 0 saturated heterocycles. The molecule has 0 aromatic carbocycles. The molecule has 0 aliphatic carbocycles. The van der Waals surface area contributed by atoms with Crippen LogP contribution in [0.3, 0.4) is 0 Å². The Morgan fingerprint density at radius 3 is 2.72 bits per heavy atom. The molecule has 2 rings (SSSR count). The van der Waals surface area contributed by atoms with Crippen molar-refractivity contribution >= 4 is 33.5 Å². The van der Waals surface area contributed by atoms with Crippen molar-refractivity contribution in [3.8, 4) is 0 Å². The van der Waals surface area contributed by atoms with Gasteiger partial charge in [0.2, 0.25) is 0 Å². The number of hydrazone groups is 1. The fourth-order valence-electron chi connectivity index (χ4n) is 1.74. The molecule has 9 heteroatoms. The van der Waals surface area contributed by atoms with Gasteiger partial charge in [0, 0.05) is 18.5 Å². The molecule has 7 nitrogen and oxygen atoms in total. The first-order valence-corrected chi connectivity index (χ1v) is 7.38. The van der Waals surface area contributed by atoms with E-state index in [1.165, 1.54) is 11.8 Å². The zero-order chi connectivity index (χ0) is 13.5. The van der Waals surface area contributed by atoms with Gasteiger partial charge in [0.25, 0.3) is 16.0 Å². The third-order valence-electron chi connectivity index (χ3n) is 2.56. The van der Waals surface area contributed by atoms with Crippen LogP contribution in [0, 0.1) is 0 Å². The van der Waals surface area contributed by atoms with Crippen LogP contribution < -0.4 is 5.43 Å². The van der Waals surface area contributed by atoms with Crippen LogP contribution >= 0.6 is 11.6 Å². The summed E-state index contributed by atoms with van der Waals surface area (Å²) in [6.45, 7) is 2.10. The quantitative estimate of drug-likeness (QED) is 0.721. The summed E-state index contributed by atoms with van der Waals surface area (Å²) in [7, 11) is -3.74.